The average molecular weight is 667 g/mol. The number of hydrogen-bond acceptors (Lipinski definition) is 1. The Kier molecular flexibility index (Phi) is 13.1. The van der Waals surface area contributed by atoms with Crippen LogP contribution in [0.4, 0.5) is 0 Å². The first-order valence-electron chi connectivity index (χ1n) is 17.2. The van der Waals surface area contributed by atoms with Gasteiger partial charge in [0, 0.05) is 4.88 Å². The van der Waals surface area contributed by atoms with Gasteiger partial charge in [0.1, 0.15) is 0 Å². The SMILES string of the molecule is Cc1ccc2cc3ccccc3cc2c1.Cc1ccc2ccccc2c1.Cc1cccc2ccccc12.Cc1ccccc1.Cc1cccs1. The molecule has 50 heavy (non-hydrogen) atoms. The van der Waals surface area contributed by atoms with Crippen molar-refractivity contribution < 1.29 is 0 Å². The largest absolute Gasteiger partial charge is 0.149 e. The molecule has 0 spiro atoms. The van der Waals surface area contributed by atoms with Gasteiger partial charge in [-0.05, 0) is 107 Å². The third-order valence-electron chi connectivity index (χ3n) is 8.38. The van der Waals surface area contributed by atoms with Crippen LogP contribution in [0, 0.1) is 34.6 Å². The van der Waals surface area contributed by atoms with Gasteiger partial charge >= 0.3 is 0 Å². The van der Waals surface area contributed by atoms with Crippen LogP contribution in [0.1, 0.15) is 27.1 Å². The molecule has 0 nitrogen and oxygen atoms in total. The summed E-state index contributed by atoms with van der Waals surface area (Å²) in [7, 11) is 0. The molecular formula is C49H46S. The number of fused-ring (bicyclic) bond motifs is 4. The van der Waals surface area contributed by atoms with Crippen LogP contribution in [0.15, 0.2) is 187 Å². The molecule has 0 aliphatic heterocycles. The van der Waals surface area contributed by atoms with Crippen molar-refractivity contribution in [3.63, 3.8) is 0 Å². The second-order valence-electron chi connectivity index (χ2n) is 12.6. The molecule has 0 unspecified atom stereocenters. The van der Waals surface area contributed by atoms with Gasteiger partial charge in [-0.2, -0.15) is 0 Å². The van der Waals surface area contributed by atoms with Gasteiger partial charge in [-0.1, -0.05) is 180 Å². The molecule has 0 amide bonds. The highest BCUT2D eigenvalue weighted by molar-refractivity contribution is 7.09. The lowest BCUT2D eigenvalue weighted by Gasteiger charge is -2.02. The van der Waals surface area contributed by atoms with E-state index in [2.05, 4.69) is 204 Å². The molecule has 0 aliphatic carbocycles. The number of aryl methyl sites for hydroxylation is 5. The summed E-state index contributed by atoms with van der Waals surface area (Å²) in [5, 5.41) is 12.7. The molecule has 1 heteroatoms. The molecule has 0 N–H and O–H groups in total. The Balaban J connectivity index is 0.000000126. The Morgan fingerprint density at radius 3 is 1.32 bits per heavy atom. The summed E-state index contributed by atoms with van der Waals surface area (Å²) in [6, 6.07) is 63.8. The third-order valence-corrected chi connectivity index (χ3v) is 9.18. The van der Waals surface area contributed by atoms with Crippen LogP contribution in [-0.4, -0.2) is 0 Å². The van der Waals surface area contributed by atoms with E-state index in [9.17, 15) is 0 Å². The van der Waals surface area contributed by atoms with Crippen molar-refractivity contribution in [2.45, 2.75) is 34.6 Å². The summed E-state index contributed by atoms with van der Waals surface area (Å²) in [6.45, 7) is 10.6. The maximum absolute atomic E-state index is 2.26. The summed E-state index contributed by atoms with van der Waals surface area (Å²) in [4.78, 5) is 1.38. The van der Waals surface area contributed by atoms with Gasteiger partial charge in [-0.25, -0.2) is 0 Å². The fourth-order valence-electron chi connectivity index (χ4n) is 5.65. The highest BCUT2D eigenvalue weighted by atomic mass is 32.1. The molecule has 248 valence electrons. The highest BCUT2D eigenvalue weighted by Crippen LogP contribution is 2.23. The molecule has 0 atom stereocenters. The Labute approximate surface area is 302 Å². The van der Waals surface area contributed by atoms with Gasteiger partial charge < -0.3 is 0 Å². The quantitative estimate of drug-likeness (QED) is 0.141. The zero-order valence-electron chi connectivity index (χ0n) is 29.8. The monoisotopic (exact) mass is 666 g/mol. The first-order chi connectivity index (χ1) is 24.4. The van der Waals surface area contributed by atoms with E-state index in [-0.39, 0.29) is 0 Å². The van der Waals surface area contributed by atoms with E-state index in [4.69, 9.17) is 0 Å². The number of thiophene rings is 1. The Morgan fingerprint density at radius 2 is 0.780 bits per heavy atom. The lowest BCUT2D eigenvalue weighted by atomic mass is 10.0. The van der Waals surface area contributed by atoms with Crippen LogP contribution in [-0.2, 0) is 0 Å². The molecule has 0 saturated carbocycles. The number of hydrogen-bond donors (Lipinski definition) is 0. The Bertz CT molecular complexity index is 2350. The molecule has 0 bridgehead atoms. The number of benzene rings is 8. The minimum absolute atomic E-state index is 1.31. The minimum atomic E-state index is 1.31. The molecule has 0 saturated heterocycles. The summed E-state index contributed by atoms with van der Waals surface area (Å²) in [5.41, 5.74) is 5.31. The molecule has 0 radical (unpaired) electrons. The fourth-order valence-corrected chi connectivity index (χ4v) is 6.18. The van der Waals surface area contributed by atoms with E-state index in [1.54, 1.807) is 11.3 Å². The van der Waals surface area contributed by atoms with E-state index in [0.29, 0.717) is 0 Å². The van der Waals surface area contributed by atoms with E-state index in [1.165, 1.54) is 70.2 Å². The summed E-state index contributed by atoms with van der Waals surface area (Å²) >= 11 is 1.78. The van der Waals surface area contributed by atoms with Gasteiger partial charge in [-0.15, -0.1) is 11.3 Å². The normalized spacial score (nSPS) is 10.1. The zero-order valence-corrected chi connectivity index (χ0v) is 30.6. The lowest BCUT2D eigenvalue weighted by Crippen LogP contribution is -1.77. The van der Waals surface area contributed by atoms with Gasteiger partial charge in [0.25, 0.3) is 0 Å². The van der Waals surface area contributed by atoms with Crippen LogP contribution in [0.2, 0.25) is 0 Å². The van der Waals surface area contributed by atoms with E-state index in [1.807, 2.05) is 18.2 Å². The molecule has 9 aromatic rings. The molecule has 1 heterocycles. The van der Waals surface area contributed by atoms with Crippen molar-refractivity contribution >= 4 is 54.4 Å². The minimum Gasteiger partial charge on any atom is -0.149 e. The fraction of sp³-hybridized carbons (Fsp3) is 0.102. The maximum atomic E-state index is 2.26. The van der Waals surface area contributed by atoms with E-state index >= 15 is 0 Å². The standard InChI is InChI=1S/C15H12.2C11H10.C7H8.C5H6S/c1-11-6-7-14-9-12-4-2-3-5-13(12)10-15(14)8-11;1-9-5-4-7-10-6-2-3-8-11(9)10;1-9-6-7-10-4-2-3-5-11(10)8-9;1-7-5-3-2-4-6-7;1-5-3-2-4-6-5/h2-10H,1H3;2*2-8H,1H3;2-6H,1H3;2-4H,1H3. The molecular weight excluding hydrogens is 621 g/mol. The van der Waals surface area contributed by atoms with Gasteiger partial charge in [-0.3, -0.25) is 0 Å². The lowest BCUT2D eigenvalue weighted by molar-refractivity contribution is 1.48. The predicted molar refractivity (Wildman–Crippen MR) is 224 cm³/mol. The van der Waals surface area contributed by atoms with Crippen molar-refractivity contribution in [2.24, 2.45) is 0 Å². The topological polar surface area (TPSA) is 0 Å². The average Bonchev–Trinajstić information content (AvgIpc) is 3.63. The van der Waals surface area contributed by atoms with Gasteiger partial charge in [0.15, 0.2) is 0 Å². The van der Waals surface area contributed by atoms with Crippen molar-refractivity contribution in [3.8, 4) is 0 Å². The van der Waals surface area contributed by atoms with Crippen LogP contribution < -0.4 is 0 Å². The molecule has 0 aliphatic rings. The second-order valence-corrected chi connectivity index (χ2v) is 13.7. The van der Waals surface area contributed by atoms with Crippen molar-refractivity contribution in [1.82, 2.24) is 0 Å². The van der Waals surface area contributed by atoms with E-state index in [0.717, 1.165) is 0 Å². The second kappa shape index (κ2) is 18.3. The summed E-state index contributed by atoms with van der Waals surface area (Å²) in [6.07, 6.45) is 0. The van der Waals surface area contributed by atoms with Crippen LogP contribution >= 0.6 is 11.3 Å². The van der Waals surface area contributed by atoms with Crippen LogP contribution in [0.25, 0.3) is 43.1 Å². The van der Waals surface area contributed by atoms with Crippen molar-refractivity contribution in [3.05, 3.63) is 215 Å². The van der Waals surface area contributed by atoms with Crippen LogP contribution in [0.3, 0.4) is 0 Å². The van der Waals surface area contributed by atoms with Crippen molar-refractivity contribution in [2.75, 3.05) is 0 Å². The third kappa shape index (κ3) is 10.8. The Hall–Kier alpha value is -5.50. The molecule has 8 aromatic carbocycles. The smallest absolute Gasteiger partial charge is 0.00141 e. The first kappa shape index (κ1) is 35.8. The van der Waals surface area contributed by atoms with Crippen molar-refractivity contribution in [1.29, 1.82) is 0 Å². The molecule has 0 fully saturated rings. The van der Waals surface area contributed by atoms with Gasteiger partial charge in [0.05, 0.1) is 0 Å². The molecule has 1 aromatic heterocycles. The van der Waals surface area contributed by atoms with E-state index < -0.39 is 0 Å². The Morgan fingerprint density at radius 1 is 0.300 bits per heavy atom. The summed E-state index contributed by atoms with van der Waals surface area (Å²) in [5.74, 6) is 0. The first-order valence-corrected chi connectivity index (χ1v) is 18.0. The van der Waals surface area contributed by atoms with Crippen LogP contribution in [0.5, 0.6) is 0 Å². The summed E-state index contributed by atoms with van der Waals surface area (Å²) < 4.78 is 0. The number of rotatable bonds is 0. The maximum Gasteiger partial charge on any atom is 0.00141 e. The zero-order chi connectivity index (χ0) is 35.1. The molecule has 9 rings (SSSR count). The predicted octanol–water partition coefficient (Wildman–Crippen LogP) is 14.6. The highest BCUT2D eigenvalue weighted by Gasteiger charge is 1.97. The van der Waals surface area contributed by atoms with Gasteiger partial charge in [0.2, 0.25) is 0 Å².